The number of anilines is 1. The van der Waals surface area contributed by atoms with E-state index in [0.29, 0.717) is 0 Å². The number of aliphatic carboxylic acids is 1. The van der Waals surface area contributed by atoms with Crippen LogP contribution in [0.2, 0.25) is 0 Å². The zero-order valence-electron chi connectivity index (χ0n) is 8.00. The molecular formula is C9H10F2N2O2. The summed E-state index contributed by atoms with van der Waals surface area (Å²) in [7, 11) is 0. The van der Waals surface area contributed by atoms with E-state index in [4.69, 9.17) is 10.8 Å². The number of carbonyl (C=O) groups is 1. The molecule has 0 radical (unpaired) electrons. The average molecular weight is 216 g/mol. The van der Waals surface area contributed by atoms with Gasteiger partial charge in [-0.3, -0.25) is 4.79 Å². The Balaban J connectivity index is 3.26. The molecule has 0 aliphatic heterocycles. The maximum atomic E-state index is 12.6. The molecule has 0 aliphatic carbocycles. The number of hydrogen-bond acceptors (Lipinski definition) is 3. The summed E-state index contributed by atoms with van der Waals surface area (Å²) >= 11 is 0. The van der Waals surface area contributed by atoms with Crippen LogP contribution in [0.4, 0.5) is 14.6 Å². The highest BCUT2D eigenvalue weighted by molar-refractivity contribution is 5.71. The van der Waals surface area contributed by atoms with E-state index in [0.717, 1.165) is 6.07 Å². The Morgan fingerprint density at radius 3 is 2.73 bits per heavy atom. The Morgan fingerprint density at radius 2 is 2.27 bits per heavy atom. The summed E-state index contributed by atoms with van der Waals surface area (Å²) in [6.45, 7) is 1.46. The molecule has 1 aromatic heterocycles. The van der Waals surface area contributed by atoms with Crippen molar-refractivity contribution in [3.63, 3.8) is 0 Å². The second kappa shape index (κ2) is 4.20. The molecule has 0 unspecified atom stereocenters. The molecule has 3 N–H and O–H groups in total. The van der Waals surface area contributed by atoms with Crippen LogP contribution in [0.15, 0.2) is 6.07 Å². The fraction of sp³-hybridized carbons (Fsp3) is 0.333. The zero-order chi connectivity index (χ0) is 11.6. The fourth-order valence-electron chi connectivity index (χ4n) is 1.32. The van der Waals surface area contributed by atoms with Gasteiger partial charge in [0.2, 0.25) is 0 Å². The van der Waals surface area contributed by atoms with Gasteiger partial charge in [0, 0.05) is 11.3 Å². The average Bonchev–Trinajstić information content (AvgIpc) is 2.08. The van der Waals surface area contributed by atoms with E-state index in [1.54, 1.807) is 0 Å². The lowest BCUT2D eigenvalue weighted by Crippen LogP contribution is -2.09. The monoisotopic (exact) mass is 216 g/mol. The first kappa shape index (κ1) is 11.4. The van der Waals surface area contributed by atoms with Crippen molar-refractivity contribution in [1.29, 1.82) is 0 Å². The molecule has 0 saturated heterocycles. The molecule has 0 bridgehead atoms. The van der Waals surface area contributed by atoms with Gasteiger partial charge < -0.3 is 10.8 Å². The SMILES string of the molecule is Cc1nc(N)cc(C(F)F)c1CC(=O)O. The highest BCUT2D eigenvalue weighted by Crippen LogP contribution is 2.26. The van der Waals surface area contributed by atoms with E-state index in [2.05, 4.69) is 4.98 Å². The fourth-order valence-corrected chi connectivity index (χ4v) is 1.32. The molecule has 6 heteroatoms. The van der Waals surface area contributed by atoms with Gasteiger partial charge in [-0.2, -0.15) is 0 Å². The van der Waals surface area contributed by atoms with Crippen LogP contribution in [0.1, 0.15) is 23.2 Å². The molecule has 82 valence electrons. The number of aromatic nitrogens is 1. The van der Waals surface area contributed by atoms with Crippen LogP contribution in [0.3, 0.4) is 0 Å². The second-order valence-corrected chi connectivity index (χ2v) is 3.07. The first-order valence-corrected chi connectivity index (χ1v) is 4.17. The number of nitrogens with zero attached hydrogens (tertiary/aromatic N) is 1. The number of carboxylic acid groups (broad SMARTS) is 1. The van der Waals surface area contributed by atoms with Crippen molar-refractivity contribution in [3.05, 3.63) is 22.9 Å². The lowest BCUT2D eigenvalue weighted by molar-refractivity contribution is -0.136. The molecule has 0 amide bonds. The third kappa shape index (κ3) is 2.61. The Labute approximate surface area is 84.7 Å². The lowest BCUT2D eigenvalue weighted by Gasteiger charge is -2.10. The number of rotatable bonds is 3. The number of hydrogen-bond donors (Lipinski definition) is 2. The summed E-state index contributed by atoms with van der Waals surface area (Å²) < 4.78 is 25.1. The highest BCUT2D eigenvalue weighted by atomic mass is 19.3. The maximum absolute atomic E-state index is 12.6. The molecule has 0 spiro atoms. The smallest absolute Gasteiger partial charge is 0.307 e. The van der Waals surface area contributed by atoms with Crippen molar-refractivity contribution >= 4 is 11.8 Å². The Kier molecular flexibility index (Phi) is 3.18. The van der Waals surface area contributed by atoms with E-state index >= 15 is 0 Å². The van der Waals surface area contributed by atoms with E-state index in [-0.39, 0.29) is 22.6 Å². The molecule has 1 heterocycles. The summed E-state index contributed by atoms with van der Waals surface area (Å²) in [5.41, 5.74) is 5.21. The molecule has 0 aliphatic rings. The summed E-state index contributed by atoms with van der Waals surface area (Å²) in [5, 5.41) is 8.56. The van der Waals surface area contributed by atoms with Gasteiger partial charge in [-0.15, -0.1) is 0 Å². The van der Waals surface area contributed by atoms with Gasteiger partial charge in [0.15, 0.2) is 0 Å². The van der Waals surface area contributed by atoms with Crippen LogP contribution in [-0.4, -0.2) is 16.1 Å². The second-order valence-electron chi connectivity index (χ2n) is 3.07. The Bertz CT molecular complexity index is 394. The number of pyridine rings is 1. The normalized spacial score (nSPS) is 10.7. The van der Waals surface area contributed by atoms with E-state index < -0.39 is 18.8 Å². The van der Waals surface area contributed by atoms with Gasteiger partial charge in [0.25, 0.3) is 6.43 Å². The third-order valence-electron chi connectivity index (χ3n) is 1.95. The number of alkyl halides is 2. The minimum atomic E-state index is -2.75. The number of carboxylic acids is 1. The van der Waals surface area contributed by atoms with Gasteiger partial charge in [-0.1, -0.05) is 0 Å². The Morgan fingerprint density at radius 1 is 1.67 bits per heavy atom. The van der Waals surface area contributed by atoms with Crippen molar-refractivity contribution in [1.82, 2.24) is 4.98 Å². The number of nitrogens with two attached hydrogens (primary N) is 1. The van der Waals surface area contributed by atoms with Crippen molar-refractivity contribution in [2.75, 3.05) is 5.73 Å². The third-order valence-corrected chi connectivity index (χ3v) is 1.95. The first-order chi connectivity index (χ1) is 6.91. The van der Waals surface area contributed by atoms with Crippen molar-refractivity contribution < 1.29 is 18.7 Å². The quantitative estimate of drug-likeness (QED) is 0.803. The largest absolute Gasteiger partial charge is 0.481 e. The molecule has 1 aromatic rings. The van der Waals surface area contributed by atoms with Crippen LogP contribution < -0.4 is 5.73 Å². The van der Waals surface area contributed by atoms with Gasteiger partial charge >= 0.3 is 5.97 Å². The molecule has 0 atom stereocenters. The highest BCUT2D eigenvalue weighted by Gasteiger charge is 2.18. The zero-order valence-corrected chi connectivity index (χ0v) is 8.00. The summed E-state index contributed by atoms with van der Waals surface area (Å²) in [4.78, 5) is 14.2. The molecule has 15 heavy (non-hydrogen) atoms. The van der Waals surface area contributed by atoms with E-state index in [9.17, 15) is 13.6 Å². The van der Waals surface area contributed by atoms with Crippen LogP contribution in [0.25, 0.3) is 0 Å². The predicted molar refractivity (Wildman–Crippen MR) is 49.7 cm³/mol. The topological polar surface area (TPSA) is 76.2 Å². The molecule has 0 fully saturated rings. The van der Waals surface area contributed by atoms with Crippen molar-refractivity contribution in [3.8, 4) is 0 Å². The van der Waals surface area contributed by atoms with Crippen LogP contribution >= 0.6 is 0 Å². The van der Waals surface area contributed by atoms with Gasteiger partial charge in [-0.05, 0) is 18.6 Å². The summed E-state index contributed by atoms with van der Waals surface area (Å²) in [5.74, 6) is -1.21. The van der Waals surface area contributed by atoms with Gasteiger partial charge in [-0.25, -0.2) is 13.8 Å². The van der Waals surface area contributed by atoms with Crippen molar-refractivity contribution in [2.45, 2.75) is 19.8 Å². The molecule has 1 rings (SSSR count). The van der Waals surface area contributed by atoms with Crippen molar-refractivity contribution in [2.24, 2.45) is 0 Å². The van der Waals surface area contributed by atoms with Gasteiger partial charge in [0.05, 0.1) is 6.42 Å². The van der Waals surface area contributed by atoms with Crippen LogP contribution in [-0.2, 0) is 11.2 Å². The molecule has 0 aromatic carbocycles. The lowest BCUT2D eigenvalue weighted by atomic mass is 10.0. The summed E-state index contributed by atoms with van der Waals surface area (Å²) in [6.07, 6.45) is -3.22. The first-order valence-electron chi connectivity index (χ1n) is 4.17. The summed E-state index contributed by atoms with van der Waals surface area (Å²) in [6, 6.07) is 1.01. The molecular weight excluding hydrogens is 206 g/mol. The van der Waals surface area contributed by atoms with Crippen LogP contribution in [0.5, 0.6) is 0 Å². The number of aryl methyl sites for hydroxylation is 1. The molecule has 0 saturated carbocycles. The van der Waals surface area contributed by atoms with Gasteiger partial charge in [0.1, 0.15) is 5.82 Å². The predicted octanol–water partition coefficient (Wildman–Crippen LogP) is 1.54. The standard InChI is InChI=1S/C9H10F2N2O2/c1-4-5(3-8(14)15)6(9(10)11)2-7(12)13-4/h2,9H,3H2,1H3,(H2,12,13)(H,14,15). The minimum absolute atomic E-state index is 0.0306. The minimum Gasteiger partial charge on any atom is -0.481 e. The van der Waals surface area contributed by atoms with E-state index in [1.807, 2.05) is 0 Å². The van der Waals surface area contributed by atoms with E-state index in [1.165, 1.54) is 6.92 Å². The maximum Gasteiger partial charge on any atom is 0.307 e. The molecule has 4 nitrogen and oxygen atoms in total. The number of nitrogen functional groups attached to an aromatic ring is 1. The number of halogens is 2. The Hall–Kier alpha value is -1.72. The van der Waals surface area contributed by atoms with Crippen LogP contribution in [0, 0.1) is 6.92 Å².